The molecule has 88 valence electrons. The minimum Gasteiger partial charge on any atom is -0.381 e. The van der Waals surface area contributed by atoms with E-state index in [1.54, 1.807) is 7.11 Å². The molecule has 0 fully saturated rings. The maximum Gasteiger partial charge on any atom is 0.142 e. The molecule has 0 N–H and O–H groups in total. The van der Waals surface area contributed by atoms with Gasteiger partial charge in [-0.15, -0.1) is 0 Å². The lowest BCUT2D eigenvalue weighted by molar-refractivity contribution is -0.127. The summed E-state index contributed by atoms with van der Waals surface area (Å²) in [5, 5.41) is 0. The molecule has 1 unspecified atom stereocenters. The molecular formula is C12H22O3. The van der Waals surface area contributed by atoms with Gasteiger partial charge in [0.1, 0.15) is 11.6 Å². The quantitative estimate of drug-likeness (QED) is 0.437. The zero-order chi connectivity index (χ0) is 11.7. The summed E-state index contributed by atoms with van der Waals surface area (Å²) in [6.07, 6.45) is 4.74. The van der Waals surface area contributed by atoms with Crippen LogP contribution in [-0.2, 0) is 14.3 Å². The van der Waals surface area contributed by atoms with Gasteiger partial charge >= 0.3 is 0 Å². The van der Waals surface area contributed by atoms with Gasteiger partial charge in [0.2, 0.25) is 0 Å². The Morgan fingerprint density at radius 2 is 1.93 bits per heavy atom. The van der Waals surface area contributed by atoms with Crippen molar-refractivity contribution in [2.75, 3.05) is 7.11 Å². The van der Waals surface area contributed by atoms with Crippen molar-refractivity contribution in [1.29, 1.82) is 0 Å². The van der Waals surface area contributed by atoms with E-state index in [1.807, 2.05) is 0 Å². The first-order valence-corrected chi connectivity index (χ1v) is 5.64. The fraction of sp³-hybridized carbons (Fsp3) is 0.833. The van der Waals surface area contributed by atoms with Gasteiger partial charge in [0, 0.05) is 13.5 Å². The van der Waals surface area contributed by atoms with Crippen molar-refractivity contribution in [3.05, 3.63) is 0 Å². The Bertz CT molecular complexity index is 199. The first kappa shape index (κ1) is 14.3. The lowest BCUT2D eigenvalue weighted by atomic mass is 10.0. The molecule has 0 saturated heterocycles. The van der Waals surface area contributed by atoms with Crippen LogP contribution >= 0.6 is 0 Å². The van der Waals surface area contributed by atoms with Crippen LogP contribution in [0.5, 0.6) is 0 Å². The van der Waals surface area contributed by atoms with Crippen LogP contribution in [-0.4, -0.2) is 24.8 Å². The standard InChI is InChI=1S/C12H22O3/c1-4-5-6-7-12(15-3)9-11(14)8-10(2)13/h12H,4-9H2,1-3H3. The van der Waals surface area contributed by atoms with Crippen LogP contribution in [0.25, 0.3) is 0 Å². The Labute approximate surface area is 92.2 Å². The smallest absolute Gasteiger partial charge is 0.142 e. The van der Waals surface area contributed by atoms with Gasteiger partial charge in [-0.1, -0.05) is 26.2 Å². The van der Waals surface area contributed by atoms with E-state index in [9.17, 15) is 9.59 Å². The molecule has 0 aliphatic rings. The molecule has 15 heavy (non-hydrogen) atoms. The maximum absolute atomic E-state index is 11.4. The molecule has 3 heteroatoms. The molecule has 0 aromatic carbocycles. The number of hydrogen-bond acceptors (Lipinski definition) is 3. The number of hydrogen-bond donors (Lipinski definition) is 0. The highest BCUT2D eigenvalue weighted by molar-refractivity contribution is 5.98. The number of ketones is 2. The zero-order valence-corrected chi connectivity index (χ0v) is 10.0. The minimum atomic E-state index is -0.0663. The minimum absolute atomic E-state index is 0.00847. The lowest BCUT2D eigenvalue weighted by Crippen LogP contribution is -2.17. The van der Waals surface area contributed by atoms with Gasteiger partial charge in [0.15, 0.2) is 0 Å². The molecule has 0 aliphatic heterocycles. The Morgan fingerprint density at radius 3 is 2.40 bits per heavy atom. The third kappa shape index (κ3) is 8.30. The fourth-order valence-electron chi connectivity index (χ4n) is 1.53. The van der Waals surface area contributed by atoms with Crippen molar-refractivity contribution in [2.45, 2.75) is 58.5 Å². The highest BCUT2D eigenvalue weighted by atomic mass is 16.5. The molecule has 0 spiro atoms. The van der Waals surface area contributed by atoms with Crippen LogP contribution in [0.3, 0.4) is 0 Å². The number of Topliss-reactive ketones (excluding diaryl/α,β-unsaturated/α-hetero) is 2. The molecule has 0 radical (unpaired) electrons. The molecule has 0 rings (SSSR count). The average molecular weight is 214 g/mol. The van der Waals surface area contributed by atoms with Crippen molar-refractivity contribution < 1.29 is 14.3 Å². The van der Waals surface area contributed by atoms with Crippen molar-refractivity contribution in [2.24, 2.45) is 0 Å². The SMILES string of the molecule is CCCCCC(CC(=O)CC(C)=O)OC. The van der Waals surface area contributed by atoms with Crippen LogP contribution in [0, 0.1) is 0 Å². The number of carbonyl (C=O) groups is 2. The predicted octanol–water partition coefficient (Wildman–Crippen LogP) is 2.52. The number of rotatable bonds is 9. The van der Waals surface area contributed by atoms with E-state index < -0.39 is 0 Å². The Morgan fingerprint density at radius 1 is 1.27 bits per heavy atom. The van der Waals surface area contributed by atoms with E-state index in [-0.39, 0.29) is 24.1 Å². The van der Waals surface area contributed by atoms with Gasteiger partial charge in [0.25, 0.3) is 0 Å². The van der Waals surface area contributed by atoms with Gasteiger partial charge in [-0.2, -0.15) is 0 Å². The second kappa shape index (κ2) is 8.60. The molecule has 0 amide bonds. The van der Waals surface area contributed by atoms with Gasteiger partial charge in [-0.05, 0) is 13.3 Å². The summed E-state index contributed by atoms with van der Waals surface area (Å²) >= 11 is 0. The second-order valence-corrected chi connectivity index (χ2v) is 3.98. The van der Waals surface area contributed by atoms with Crippen LogP contribution < -0.4 is 0 Å². The number of methoxy groups -OCH3 is 1. The van der Waals surface area contributed by atoms with E-state index in [4.69, 9.17) is 4.74 Å². The molecule has 3 nitrogen and oxygen atoms in total. The predicted molar refractivity (Wildman–Crippen MR) is 59.9 cm³/mol. The molecule has 0 saturated carbocycles. The molecule has 0 bridgehead atoms. The monoisotopic (exact) mass is 214 g/mol. The van der Waals surface area contributed by atoms with Crippen molar-refractivity contribution in [3.8, 4) is 0 Å². The van der Waals surface area contributed by atoms with Crippen LogP contribution in [0.1, 0.15) is 52.4 Å². The summed E-state index contributed by atoms with van der Waals surface area (Å²) in [6, 6.07) is 0. The first-order chi connectivity index (χ1) is 7.10. The Hall–Kier alpha value is -0.700. The second-order valence-electron chi connectivity index (χ2n) is 3.98. The van der Waals surface area contributed by atoms with Gasteiger partial charge in [0.05, 0.1) is 12.5 Å². The van der Waals surface area contributed by atoms with E-state index in [1.165, 1.54) is 13.3 Å². The van der Waals surface area contributed by atoms with E-state index in [0.29, 0.717) is 6.42 Å². The normalized spacial score (nSPS) is 12.5. The molecule has 0 heterocycles. The average Bonchev–Trinajstić information content (AvgIpc) is 2.15. The topological polar surface area (TPSA) is 43.4 Å². The van der Waals surface area contributed by atoms with Crippen molar-refractivity contribution in [1.82, 2.24) is 0 Å². The first-order valence-electron chi connectivity index (χ1n) is 5.64. The third-order valence-corrected chi connectivity index (χ3v) is 2.36. The van der Waals surface area contributed by atoms with Gasteiger partial charge < -0.3 is 4.74 Å². The Balaban J connectivity index is 3.77. The molecule has 0 aromatic rings. The summed E-state index contributed by atoms with van der Waals surface area (Å²) in [7, 11) is 1.62. The summed E-state index contributed by atoms with van der Waals surface area (Å²) < 4.78 is 5.22. The van der Waals surface area contributed by atoms with E-state index in [2.05, 4.69) is 6.92 Å². The number of carbonyl (C=O) groups excluding carboxylic acids is 2. The lowest BCUT2D eigenvalue weighted by Gasteiger charge is -2.13. The van der Waals surface area contributed by atoms with Crippen molar-refractivity contribution in [3.63, 3.8) is 0 Å². The van der Waals surface area contributed by atoms with Gasteiger partial charge in [-0.3, -0.25) is 9.59 Å². The van der Waals surface area contributed by atoms with E-state index in [0.717, 1.165) is 19.3 Å². The summed E-state index contributed by atoms with van der Waals surface area (Å²) in [4.78, 5) is 22.1. The largest absolute Gasteiger partial charge is 0.381 e. The fourth-order valence-corrected chi connectivity index (χ4v) is 1.53. The molecule has 0 aliphatic carbocycles. The molecule has 1 atom stereocenters. The maximum atomic E-state index is 11.4. The molecule has 0 aromatic heterocycles. The van der Waals surface area contributed by atoms with Crippen LogP contribution in [0.4, 0.5) is 0 Å². The van der Waals surface area contributed by atoms with E-state index >= 15 is 0 Å². The summed E-state index contributed by atoms with van der Waals surface area (Å²) in [6.45, 7) is 3.58. The highest BCUT2D eigenvalue weighted by Gasteiger charge is 2.13. The van der Waals surface area contributed by atoms with Crippen LogP contribution in [0.15, 0.2) is 0 Å². The highest BCUT2D eigenvalue weighted by Crippen LogP contribution is 2.10. The number of ether oxygens (including phenoxy) is 1. The van der Waals surface area contributed by atoms with Crippen molar-refractivity contribution >= 4 is 11.6 Å². The van der Waals surface area contributed by atoms with Crippen LogP contribution in [0.2, 0.25) is 0 Å². The zero-order valence-electron chi connectivity index (χ0n) is 10.0. The van der Waals surface area contributed by atoms with Gasteiger partial charge in [-0.25, -0.2) is 0 Å². The Kier molecular flexibility index (Phi) is 8.19. The number of unbranched alkanes of at least 4 members (excludes halogenated alkanes) is 2. The molecular weight excluding hydrogens is 192 g/mol. The third-order valence-electron chi connectivity index (χ3n) is 2.36. The summed E-state index contributed by atoms with van der Waals surface area (Å²) in [5.41, 5.74) is 0. The summed E-state index contributed by atoms with van der Waals surface area (Å²) in [5.74, 6) is -0.0748.